The van der Waals surface area contributed by atoms with Crippen LogP contribution in [0.25, 0.3) is 76.5 Å². The molecule has 244 valence electrons. The van der Waals surface area contributed by atoms with Crippen LogP contribution in [0.3, 0.4) is 0 Å². The lowest BCUT2D eigenvalue weighted by atomic mass is 9.96. The van der Waals surface area contributed by atoms with Gasteiger partial charge in [-0.2, -0.15) is 0 Å². The average Bonchev–Trinajstić information content (AvgIpc) is 3.79. The van der Waals surface area contributed by atoms with Crippen molar-refractivity contribution in [2.24, 2.45) is 9.98 Å². The number of hydrogen-bond acceptors (Lipinski definition) is 5. The molecule has 1 N–H and O–H groups in total. The topological polar surface area (TPSA) is 63.0 Å². The minimum atomic E-state index is -0.324. The van der Waals surface area contributed by atoms with Crippen molar-refractivity contribution < 1.29 is 8.83 Å². The van der Waals surface area contributed by atoms with E-state index in [-0.39, 0.29) is 6.17 Å². The van der Waals surface area contributed by atoms with Crippen molar-refractivity contribution in [2.45, 2.75) is 6.17 Å². The highest BCUT2D eigenvalue weighted by Crippen LogP contribution is 2.41. The Hall–Kier alpha value is -6.98. The Balaban J connectivity index is 1.10. The number of furan rings is 2. The molecule has 0 spiro atoms. The van der Waals surface area contributed by atoms with E-state index in [2.05, 4.69) is 133 Å². The van der Waals surface area contributed by atoms with Gasteiger partial charge in [0.15, 0.2) is 5.84 Å². The lowest BCUT2D eigenvalue weighted by Gasteiger charge is -2.24. The summed E-state index contributed by atoms with van der Waals surface area (Å²) in [6, 6.07) is 56.8. The number of aliphatic imine (C=N–C) groups is 2. The number of nitrogens with one attached hydrogen (secondary N) is 1. The van der Waals surface area contributed by atoms with Gasteiger partial charge in [-0.3, -0.25) is 0 Å². The van der Waals surface area contributed by atoms with Gasteiger partial charge in [0.1, 0.15) is 34.3 Å². The average molecular weight is 668 g/mol. The molecule has 0 aliphatic carbocycles. The van der Waals surface area contributed by atoms with E-state index in [1.54, 1.807) is 0 Å². The van der Waals surface area contributed by atoms with Gasteiger partial charge in [-0.25, -0.2) is 9.98 Å². The van der Waals surface area contributed by atoms with E-state index in [4.69, 9.17) is 18.8 Å². The molecule has 1 atom stereocenters. The number of rotatable bonds is 4. The molecule has 0 bridgehead atoms. The standard InChI is InChI=1S/C47H29N3O2/c1-2-12-30(13-3-1)45-48-46(33-21-20-28-10-4-5-14-31(28)26-33)50-47(49-45)38-17-9-19-40-43(38)42-34(16-8-18-39(42)51-40)32-23-24-36-37-25-22-29-11-6-7-15-35(29)44(37)52-41(36)27-32/h1-27,45H,(H,48,49,50). The molecular weight excluding hydrogens is 639 g/mol. The van der Waals surface area contributed by atoms with E-state index in [9.17, 15) is 0 Å². The fourth-order valence-corrected chi connectivity index (χ4v) is 7.83. The van der Waals surface area contributed by atoms with Crippen LogP contribution >= 0.6 is 0 Å². The van der Waals surface area contributed by atoms with Crippen molar-refractivity contribution in [3.8, 4) is 11.1 Å². The van der Waals surface area contributed by atoms with E-state index >= 15 is 0 Å². The first-order valence-electron chi connectivity index (χ1n) is 17.5. The molecule has 0 radical (unpaired) electrons. The van der Waals surface area contributed by atoms with E-state index in [0.717, 1.165) is 88.3 Å². The van der Waals surface area contributed by atoms with Gasteiger partial charge >= 0.3 is 0 Å². The smallest absolute Gasteiger partial charge is 0.159 e. The largest absolute Gasteiger partial charge is 0.456 e. The molecule has 5 heteroatoms. The maximum absolute atomic E-state index is 6.60. The minimum absolute atomic E-state index is 0.324. The van der Waals surface area contributed by atoms with Gasteiger partial charge in [-0.1, -0.05) is 127 Å². The molecule has 11 rings (SSSR count). The summed E-state index contributed by atoms with van der Waals surface area (Å²) >= 11 is 0. The van der Waals surface area contributed by atoms with Gasteiger partial charge in [0.25, 0.3) is 0 Å². The molecular formula is C47H29N3O2. The molecule has 0 saturated heterocycles. The van der Waals surface area contributed by atoms with E-state index in [1.807, 2.05) is 36.4 Å². The molecule has 5 nitrogen and oxygen atoms in total. The second-order valence-corrected chi connectivity index (χ2v) is 13.4. The third-order valence-corrected chi connectivity index (χ3v) is 10.3. The fraction of sp³-hybridized carbons (Fsp3) is 0.0213. The Kier molecular flexibility index (Phi) is 6.25. The van der Waals surface area contributed by atoms with Crippen LogP contribution in [0.2, 0.25) is 0 Å². The van der Waals surface area contributed by atoms with Gasteiger partial charge in [0.05, 0.1) is 0 Å². The number of hydrogen-bond donors (Lipinski definition) is 1. The Morgan fingerprint density at radius 2 is 1.15 bits per heavy atom. The quantitative estimate of drug-likeness (QED) is 0.203. The van der Waals surface area contributed by atoms with Crippen molar-refractivity contribution in [3.63, 3.8) is 0 Å². The molecule has 0 amide bonds. The molecule has 8 aromatic carbocycles. The van der Waals surface area contributed by atoms with Crippen molar-refractivity contribution in [3.05, 3.63) is 180 Å². The van der Waals surface area contributed by atoms with Gasteiger partial charge in [-0.15, -0.1) is 0 Å². The lowest BCUT2D eigenvalue weighted by Crippen LogP contribution is -2.33. The molecule has 52 heavy (non-hydrogen) atoms. The predicted octanol–water partition coefficient (Wildman–Crippen LogP) is 12.0. The minimum Gasteiger partial charge on any atom is -0.456 e. The van der Waals surface area contributed by atoms with Crippen LogP contribution in [0.1, 0.15) is 22.9 Å². The first kappa shape index (κ1) is 28.8. The number of fused-ring (bicyclic) bond motifs is 9. The van der Waals surface area contributed by atoms with Gasteiger partial charge in [-0.05, 0) is 69.2 Å². The molecule has 1 unspecified atom stereocenters. The van der Waals surface area contributed by atoms with E-state index in [1.165, 1.54) is 10.8 Å². The maximum atomic E-state index is 6.60. The second kappa shape index (κ2) is 11.3. The summed E-state index contributed by atoms with van der Waals surface area (Å²) < 4.78 is 13.2. The summed E-state index contributed by atoms with van der Waals surface area (Å²) in [4.78, 5) is 10.4. The first-order valence-corrected chi connectivity index (χ1v) is 17.5. The zero-order valence-corrected chi connectivity index (χ0v) is 27.9. The fourth-order valence-electron chi connectivity index (χ4n) is 7.83. The van der Waals surface area contributed by atoms with Gasteiger partial charge < -0.3 is 14.2 Å². The molecule has 10 aromatic rings. The van der Waals surface area contributed by atoms with Crippen LogP contribution in [-0.4, -0.2) is 11.7 Å². The summed E-state index contributed by atoms with van der Waals surface area (Å²) in [5.41, 5.74) is 8.48. The van der Waals surface area contributed by atoms with Crippen LogP contribution in [0.5, 0.6) is 0 Å². The second-order valence-electron chi connectivity index (χ2n) is 13.4. The molecule has 0 saturated carbocycles. The predicted molar refractivity (Wildman–Crippen MR) is 213 cm³/mol. The monoisotopic (exact) mass is 667 g/mol. The van der Waals surface area contributed by atoms with Crippen molar-refractivity contribution in [1.29, 1.82) is 0 Å². The lowest BCUT2D eigenvalue weighted by molar-refractivity contribution is 0.667. The molecule has 1 aliphatic rings. The third kappa shape index (κ3) is 4.49. The van der Waals surface area contributed by atoms with Crippen molar-refractivity contribution >= 4 is 77.1 Å². The first-order chi connectivity index (χ1) is 25.7. The van der Waals surface area contributed by atoms with Gasteiger partial charge in [0, 0.05) is 38.1 Å². The summed E-state index contributed by atoms with van der Waals surface area (Å²) in [5.74, 6) is 1.43. The highest BCUT2D eigenvalue weighted by Gasteiger charge is 2.25. The number of benzene rings is 8. The van der Waals surface area contributed by atoms with Crippen LogP contribution in [0, 0.1) is 0 Å². The Bertz CT molecular complexity index is 3110. The molecule has 0 fully saturated rings. The maximum Gasteiger partial charge on any atom is 0.159 e. The molecule has 3 heterocycles. The Morgan fingerprint density at radius 1 is 0.462 bits per heavy atom. The summed E-state index contributed by atoms with van der Waals surface area (Å²) in [5, 5.41) is 12.6. The van der Waals surface area contributed by atoms with Crippen LogP contribution in [0.15, 0.2) is 183 Å². The number of nitrogens with zero attached hydrogens (tertiary/aromatic N) is 2. The van der Waals surface area contributed by atoms with Crippen LogP contribution in [-0.2, 0) is 0 Å². The Labute approximate surface area is 298 Å². The summed E-state index contributed by atoms with van der Waals surface area (Å²) in [6.07, 6.45) is -0.324. The van der Waals surface area contributed by atoms with E-state index < -0.39 is 0 Å². The Morgan fingerprint density at radius 3 is 2.02 bits per heavy atom. The molecule has 2 aromatic heterocycles. The van der Waals surface area contributed by atoms with Crippen LogP contribution < -0.4 is 5.32 Å². The number of amidine groups is 2. The third-order valence-electron chi connectivity index (χ3n) is 10.3. The van der Waals surface area contributed by atoms with Gasteiger partial charge in [0.2, 0.25) is 0 Å². The normalized spacial score (nSPS) is 14.7. The van der Waals surface area contributed by atoms with Crippen molar-refractivity contribution in [2.75, 3.05) is 0 Å². The molecule has 1 aliphatic heterocycles. The van der Waals surface area contributed by atoms with Crippen molar-refractivity contribution in [1.82, 2.24) is 5.32 Å². The summed E-state index contributed by atoms with van der Waals surface area (Å²) in [6.45, 7) is 0. The zero-order valence-electron chi connectivity index (χ0n) is 27.9. The summed E-state index contributed by atoms with van der Waals surface area (Å²) in [7, 11) is 0. The SMILES string of the molecule is c1ccc(C2N=C(c3ccc4ccccc4c3)N=C(c3cccc4oc5cccc(-c6ccc7c(c6)oc6c8ccccc8ccc76)c5c34)N2)cc1. The zero-order chi connectivity index (χ0) is 34.2. The highest BCUT2D eigenvalue weighted by molar-refractivity contribution is 6.24. The van der Waals surface area contributed by atoms with E-state index in [0.29, 0.717) is 5.84 Å². The highest BCUT2D eigenvalue weighted by atomic mass is 16.3. The van der Waals surface area contributed by atoms with Crippen LogP contribution in [0.4, 0.5) is 0 Å².